The van der Waals surface area contributed by atoms with Crippen molar-refractivity contribution in [2.24, 2.45) is 0 Å². The molecule has 0 bridgehead atoms. The first-order valence-electron chi connectivity index (χ1n) is 3.97. The smallest absolute Gasteiger partial charge is 0.163 e. The first-order chi connectivity index (χ1) is 6.45. The predicted molar refractivity (Wildman–Crippen MR) is 48.3 cm³/mol. The Kier molecular flexibility index (Phi) is 1.14. The van der Waals surface area contributed by atoms with Crippen LogP contribution in [0.1, 0.15) is 0 Å². The Labute approximate surface area is 73.9 Å². The van der Waals surface area contributed by atoms with E-state index < -0.39 is 0 Å². The number of nitrogens with zero attached hydrogens (tertiary/aromatic N) is 4. The highest BCUT2D eigenvalue weighted by Gasteiger charge is 2.01. The van der Waals surface area contributed by atoms with Crippen LogP contribution in [0.3, 0.4) is 0 Å². The molecule has 0 aromatic carbocycles. The molecule has 3 rings (SSSR count). The second-order valence-corrected chi connectivity index (χ2v) is 2.78. The quantitative estimate of drug-likeness (QED) is 0.510. The van der Waals surface area contributed by atoms with Crippen molar-refractivity contribution in [1.82, 2.24) is 19.4 Å². The van der Waals surface area contributed by atoms with E-state index >= 15 is 0 Å². The summed E-state index contributed by atoms with van der Waals surface area (Å²) in [5, 5.41) is 0. The lowest BCUT2D eigenvalue weighted by atomic mass is 10.5. The number of aromatic nitrogens is 4. The van der Waals surface area contributed by atoms with Crippen LogP contribution in [0.2, 0.25) is 0 Å². The lowest BCUT2D eigenvalue weighted by Gasteiger charge is -1.92. The second-order valence-electron chi connectivity index (χ2n) is 2.78. The number of rotatable bonds is 0. The third-order valence-corrected chi connectivity index (χ3v) is 2.01. The molecule has 0 spiro atoms. The lowest BCUT2D eigenvalue weighted by molar-refractivity contribution is 1.14. The molecule has 0 atom stereocenters. The molecule has 0 saturated carbocycles. The molecule has 0 N–H and O–H groups in total. The van der Waals surface area contributed by atoms with Crippen molar-refractivity contribution in [3.63, 3.8) is 0 Å². The Bertz CT molecular complexity index is 519. The molecule has 0 saturated heterocycles. The minimum atomic E-state index is 0.875. The van der Waals surface area contributed by atoms with Gasteiger partial charge in [0.25, 0.3) is 0 Å². The predicted octanol–water partition coefficient (Wildman–Crippen LogP) is 1.28. The van der Waals surface area contributed by atoms with Gasteiger partial charge >= 0.3 is 0 Å². The molecule has 0 aliphatic carbocycles. The van der Waals surface area contributed by atoms with Gasteiger partial charge in [-0.05, 0) is 6.07 Å². The highest BCUT2D eigenvalue weighted by atomic mass is 15.0. The maximum atomic E-state index is 4.24. The molecule has 13 heavy (non-hydrogen) atoms. The molecule has 0 aliphatic heterocycles. The maximum Gasteiger partial charge on any atom is 0.163 e. The van der Waals surface area contributed by atoms with Crippen molar-refractivity contribution in [2.75, 3.05) is 0 Å². The van der Waals surface area contributed by atoms with E-state index in [1.165, 1.54) is 0 Å². The SMILES string of the molecule is c1cn2c(cn1)cc1nccnc12. The Morgan fingerprint density at radius 2 is 2.00 bits per heavy atom. The molecule has 0 unspecified atom stereocenters. The van der Waals surface area contributed by atoms with Gasteiger partial charge in [-0.2, -0.15) is 0 Å². The van der Waals surface area contributed by atoms with Gasteiger partial charge in [-0.3, -0.25) is 14.4 Å². The zero-order valence-corrected chi connectivity index (χ0v) is 6.75. The summed E-state index contributed by atoms with van der Waals surface area (Å²) in [5.41, 5.74) is 2.79. The zero-order chi connectivity index (χ0) is 8.67. The minimum absolute atomic E-state index is 0.875. The molecule has 0 radical (unpaired) electrons. The molecule has 3 aromatic rings. The summed E-state index contributed by atoms with van der Waals surface area (Å²) in [6.45, 7) is 0. The van der Waals surface area contributed by atoms with Crippen LogP contribution in [0, 0.1) is 0 Å². The van der Waals surface area contributed by atoms with E-state index in [2.05, 4.69) is 15.0 Å². The monoisotopic (exact) mass is 170 g/mol. The van der Waals surface area contributed by atoms with Gasteiger partial charge < -0.3 is 0 Å². The minimum Gasteiger partial charge on any atom is -0.297 e. The Morgan fingerprint density at radius 1 is 1.08 bits per heavy atom. The van der Waals surface area contributed by atoms with Gasteiger partial charge in [0.05, 0.1) is 11.7 Å². The van der Waals surface area contributed by atoms with E-state index in [4.69, 9.17) is 0 Å². The van der Waals surface area contributed by atoms with Crippen LogP contribution in [0.15, 0.2) is 37.1 Å². The van der Waals surface area contributed by atoms with E-state index in [0.717, 1.165) is 16.7 Å². The zero-order valence-electron chi connectivity index (χ0n) is 6.75. The fourth-order valence-electron chi connectivity index (χ4n) is 1.44. The van der Waals surface area contributed by atoms with Crippen molar-refractivity contribution in [1.29, 1.82) is 0 Å². The first kappa shape index (κ1) is 6.54. The van der Waals surface area contributed by atoms with Gasteiger partial charge in [0.2, 0.25) is 0 Å². The maximum absolute atomic E-state index is 4.24. The first-order valence-corrected chi connectivity index (χ1v) is 3.97. The average molecular weight is 170 g/mol. The molecule has 4 heteroatoms. The van der Waals surface area contributed by atoms with Crippen molar-refractivity contribution in [2.45, 2.75) is 0 Å². The largest absolute Gasteiger partial charge is 0.297 e. The normalized spacial score (nSPS) is 11.1. The van der Waals surface area contributed by atoms with E-state index in [-0.39, 0.29) is 0 Å². The van der Waals surface area contributed by atoms with Gasteiger partial charge in [-0.15, -0.1) is 0 Å². The summed E-state index contributed by atoms with van der Waals surface area (Å²) in [5.74, 6) is 0. The Morgan fingerprint density at radius 3 is 3.00 bits per heavy atom. The molecule has 0 amide bonds. The van der Waals surface area contributed by atoms with Crippen LogP contribution in [-0.4, -0.2) is 19.4 Å². The van der Waals surface area contributed by atoms with Crippen molar-refractivity contribution in [3.05, 3.63) is 37.1 Å². The van der Waals surface area contributed by atoms with Crippen LogP contribution >= 0.6 is 0 Å². The summed E-state index contributed by atoms with van der Waals surface area (Å²) in [7, 11) is 0. The highest BCUT2D eigenvalue weighted by molar-refractivity contribution is 5.79. The average Bonchev–Trinajstić information content (AvgIpc) is 2.56. The van der Waals surface area contributed by atoms with Crippen LogP contribution in [0.25, 0.3) is 16.7 Å². The fraction of sp³-hybridized carbons (Fsp3) is 0. The van der Waals surface area contributed by atoms with Gasteiger partial charge in [-0.1, -0.05) is 0 Å². The van der Waals surface area contributed by atoms with E-state index in [1.807, 2.05) is 16.7 Å². The Hall–Kier alpha value is -1.97. The van der Waals surface area contributed by atoms with Crippen molar-refractivity contribution in [3.8, 4) is 0 Å². The molecule has 62 valence electrons. The lowest BCUT2D eigenvalue weighted by Crippen LogP contribution is -1.86. The third kappa shape index (κ3) is 0.823. The van der Waals surface area contributed by atoms with Crippen LogP contribution in [0.4, 0.5) is 0 Å². The Balaban J connectivity index is 2.64. The molecule has 3 aromatic heterocycles. The number of fused-ring (bicyclic) bond motifs is 3. The summed E-state index contributed by atoms with van der Waals surface area (Å²) in [6.07, 6.45) is 8.79. The molecule has 4 nitrogen and oxygen atoms in total. The van der Waals surface area contributed by atoms with Gasteiger partial charge in [-0.25, -0.2) is 4.98 Å². The van der Waals surface area contributed by atoms with Gasteiger partial charge in [0.15, 0.2) is 5.65 Å². The summed E-state index contributed by atoms with van der Waals surface area (Å²) >= 11 is 0. The van der Waals surface area contributed by atoms with Gasteiger partial charge in [0.1, 0.15) is 5.52 Å². The fourth-order valence-corrected chi connectivity index (χ4v) is 1.44. The van der Waals surface area contributed by atoms with Crippen LogP contribution in [-0.2, 0) is 0 Å². The third-order valence-electron chi connectivity index (χ3n) is 2.01. The van der Waals surface area contributed by atoms with E-state index in [0.29, 0.717) is 0 Å². The standard InChI is InChI=1S/C9H6N4/c1-2-12-9-8(11-1)5-7-6-10-3-4-13(7)9/h1-6H. The second kappa shape index (κ2) is 2.26. The molecular formula is C9H6N4. The summed E-state index contributed by atoms with van der Waals surface area (Å²) in [6, 6.07) is 1.97. The van der Waals surface area contributed by atoms with Crippen LogP contribution in [0.5, 0.6) is 0 Å². The van der Waals surface area contributed by atoms with Gasteiger partial charge in [0, 0.05) is 24.8 Å². The topological polar surface area (TPSA) is 43.1 Å². The number of hydrogen-bond acceptors (Lipinski definition) is 3. The van der Waals surface area contributed by atoms with Crippen LogP contribution < -0.4 is 0 Å². The molecular weight excluding hydrogens is 164 g/mol. The number of hydrogen-bond donors (Lipinski definition) is 0. The molecule has 0 aliphatic rings. The van der Waals surface area contributed by atoms with Crippen molar-refractivity contribution < 1.29 is 0 Å². The molecule has 3 heterocycles. The highest BCUT2D eigenvalue weighted by Crippen LogP contribution is 2.13. The summed E-state index contributed by atoms with van der Waals surface area (Å²) < 4.78 is 1.97. The van der Waals surface area contributed by atoms with Crippen molar-refractivity contribution >= 4 is 16.7 Å². The van der Waals surface area contributed by atoms with E-state index in [9.17, 15) is 0 Å². The van der Waals surface area contributed by atoms with E-state index in [1.54, 1.807) is 24.8 Å². The summed E-state index contributed by atoms with van der Waals surface area (Å²) in [4.78, 5) is 12.5. The molecule has 0 fully saturated rings.